The van der Waals surface area contributed by atoms with Gasteiger partial charge in [-0.05, 0) is 29.7 Å². The molecule has 7 atom stereocenters. The Morgan fingerprint density at radius 3 is 2.72 bits per heavy atom. The zero-order valence-corrected chi connectivity index (χ0v) is 14.4. The van der Waals surface area contributed by atoms with E-state index in [2.05, 4.69) is 0 Å². The van der Waals surface area contributed by atoms with Crippen LogP contribution in [0, 0.1) is 24.2 Å². The number of benzene rings is 1. The van der Waals surface area contributed by atoms with Gasteiger partial charge in [0.2, 0.25) is 0 Å². The number of hydrogen-bond acceptors (Lipinski definition) is 6. The summed E-state index contributed by atoms with van der Waals surface area (Å²) in [7, 11) is 1.57. The molecule has 3 fully saturated rings. The highest BCUT2D eigenvalue weighted by atomic mass is 16.6. The Bertz CT molecular complexity index is 759. The van der Waals surface area contributed by atoms with E-state index in [1.165, 1.54) is 0 Å². The van der Waals surface area contributed by atoms with Crippen LogP contribution < -0.4 is 4.74 Å². The third-order valence-corrected chi connectivity index (χ3v) is 6.74. The quantitative estimate of drug-likeness (QED) is 0.632. The van der Waals surface area contributed by atoms with Crippen molar-refractivity contribution in [3.05, 3.63) is 28.8 Å². The first kappa shape index (κ1) is 16.5. The average Bonchev–Trinajstić information content (AvgIpc) is 2.89. The van der Waals surface area contributed by atoms with Crippen molar-refractivity contribution in [3.63, 3.8) is 0 Å². The Morgan fingerprint density at radius 2 is 2.08 bits per heavy atom. The van der Waals surface area contributed by atoms with Gasteiger partial charge in [-0.25, -0.2) is 0 Å². The molecule has 1 aromatic rings. The molecular weight excluding hydrogens is 324 g/mol. The van der Waals surface area contributed by atoms with Gasteiger partial charge in [-0.2, -0.15) is 0 Å². The van der Waals surface area contributed by atoms with E-state index in [9.17, 15) is 19.8 Å². The van der Waals surface area contributed by atoms with Gasteiger partial charge in [-0.3, -0.25) is 4.79 Å². The summed E-state index contributed by atoms with van der Waals surface area (Å²) in [6.45, 7) is 3.66. The van der Waals surface area contributed by atoms with Crippen LogP contribution in [-0.2, 0) is 14.3 Å². The fourth-order valence-corrected chi connectivity index (χ4v) is 5.52. The molecule has 2 bridgehead atoms. The summed E-state index contributed by atoms with van der Waals surface area (Å²) in [6.07, 6.45) is -1.86. The lowest BCUT2D eigenvalue weighted by Gasteiger charge is -2.57. The van der Waals surface area contributed by atoms with E-state index >= 15 is 0 Å². The summed E-state index contributed by atoms with van der Waals surface area (Å²) >= 11 is 0. The smallest absolute Gasteiger partial charge is 0.313 e. The van der Waals surface area contributed by atoms with Crippen molar-refractivity contribution >= 4 is 12.3 Å². The molecule has 2 N–H and O–H groups in total. The number of methoxy groups -OCH3 is 1. The summed E-state index contributed by atoms with van der Waals surface area (Å²) in [4.78, 5) is 24.2. The molecule has 2 aliphatic heterocycles. The molecule has 4 unspecified atom stereocenters. The normalized spacial score (nSPS) is 41.1. The second-order valence-electron chi connectivity index (χ2n) is 7.46. The van der Waals surface area contributed by atoms with Crippen molar-refractivity contribution in [3.8, 4) is 5.75 Å². The molecule has 0 aromatic heterocycles. The molecular formula is C19H22O6. The first-order chi connectivity index (χ1) is 11.9. The molecule has 2 heterocycles. The zero-order chi connectivity index (χ0) is 18.1. The summed E-state index contributed by atoms with van der Waals surface area (Å²) < 4.78 is 10.9. The highest BCUT2D eigenvalue weighted by Crippen LogP contribution is 2.67. The third-order valence-electron chi connectivity index (χ3n) is 6.74. The molecule has 1 saturated carbocycles. The molecule has 5 rings (SSSR count). The minimum atomic E-state index is -1.14. The van der Waals surface area contributed by atoms with Gasteiger partial charge in [-0.15, -0.1) is 0 Å². The van der Waals surface area contributed by atoms with E-state index < -0.39 is 41.5 Å². The van der Waals surface area contributed by atoms with Crippen LogP contribution in [0.4, 0.5) is 0 Å². The molecule has 0 spiro atoms. The largest absolute Gasteiger partial charge is 0.496 e. The Kier molecular flexibility index (Phi) is 3.50. The molecule has 1 aromatic carbocycles. The number of ether oxygens (including phenoxy) is 2. The Balaban J connectivity index is 1.98. The maximum Gasteiger partial charge on any atom is 0.313 e. The number of hydrogen-bond donors (Lipinski definition) is 2. The number of esters is 1. The van der Waals surface area contributed by atoms with Gasteiger partial charge in [0, 0.05) is 24.2 Å². The Hall–Kier alpha value is -1.92. The predicted octanol–water partition coefficient (Wildman–Crippen LogP) is 1.26. The average molecular weight is 346 g/mol. The number of carbonyl (C=O) groups is 2. The number of rotatable bonds is 3. The van der Waals surface area contributed by atoms with E-state index in [0.29, 0.717) is 12.0 Å². The molecule has 2 aliphatic carbocycles. The lowest BCUT2D eigenvalue weighted by atomic mass is 9.51. The topological polar surface area (TPSA) is 93.1 Å². The highest BCUT2D eigenvalue weighted by Gasteiger charge is 2.71. The number of aldehydes is 1. The van der Waals surface area contributed by atoms with E-state index in [1.807, 2.05) is 19.1 Å². The van der Waals surface area contributed by atoms with Crippen molar-refractivity contribution in [1.82, 2.24) is 0 Å². The van der Waals surface area contributed by atoms with Crippen molar-refractivity contribution < 1.29 is 29.3 Å². The predicted molar refractivity (Wildman–Crippen MR) is 87.1 cm³/mol. The molecule has 6 nitrogen and oxygen atoms in total. The molecule has 4 aliphatic rings. The van der Waals surface area contributed by atoms with Crippen LogP contribution in [-0.4, -0.2) is 41.8 Å². The van der Waals surface area contributed by atoms with Gasteiger partial charge in [0.1, 0.15) is 18.1 Å². The van der Waals surface area contributed by atoms with Gasteiger partial charge in [-0.1, -0.05) is 13.0 Å². The Labute approximate surface area is 145 Å². The summed E-state index contributed by atoms with van der Waals surface area (Å²) in [6, 6.07) is 3.70. The van der Waals surface area contributed by atoms with Crippen LogP contribution in [0.25, 0.3) is 0 Å². The third kappa shape index (κ3) is 1.76. The van der Waals surface area contributed by atoms with Gasteiger partial charge in [0.25, 0.3) is 0 Å². The van der Waals surface area contributed by atoms with E-state index in [-0.39, 0.29) is 12.3 Å². The van der Waals surface area contributed by atoms with Crippen molar-refractivity contribution in [2.75, 3.05) is 7.11 Å². The minimum absolute atomic E-state index is 0.0326. The molecule has 0 amide bonds. The molecule has 2 saturated heterocycles. The van der Waals surface area contributed by atoms with Gasteiger partial charge in [0.15, 0.2) is 0 Å². The van der Waals surface area contributed by atoms with Crippen LogP contribution in [0.5, 0.6) is 5.75 Å². The summed E-state index contributed by atoms with van der Waals surface area (Å²) in [5.41, 5.74) is 1.26. The highest BCUT2D eigenvalue weighted by molar-refractivity contribution is 5.85. The zero-order valence-electron chi connectivity index (χ0n) is 14.4. The standard InChI is InChI=1S/C19H22O6/c1-8-11(24-3)5-4-10-12(8)16(22)13-14(10)19(6-7-20)9(2)15(21)17(13)25-18(19)23/h4-5,7,9,13-17,21-22H,6H2,1-3H3/t9?,13?,14?,15-,16+,17-,19?/m0/s1. The number of fused-ring (bicyclic) bond motifs is 3. The molecule has 0 radical (unpaired) electrons. The first-order valence-electron chi connectivity index (χ1n) is 8.58. The number of aliphatic hydroxyl groups excluding tert-OH is 2. The maximum absolute atomic E-state index is 12.8. The van der Waals surface area contributed by atoms with E-state index in [4.69, 9.17) is 9.47 Å². The molecule has 134 valence electrons. The fourth-order valence-electron chi connectivity index (χ4n) is 5.52. The number of aliphatic hydroxyl groups is 2. The second kappa shape index (κ2) is 5.29. The summed E-state index contributed by atoms with van der Waals surface area (Å²) in [5.74, 6) is -1.02. The van der Waals surface area contributed by atoms with Gasteiger partial charge >= 0.3 is 5.97 Å². The SMILES string of the molecule is COc1ccc2c(c1C)[C@@H](O)C1C2C2(CC=O)C(=O)O[C@@H]1[C@@H](O)C2C. The Morgan fingerprint density at radius 1 is 1.36 bits per heavy atom. The van der Waals surface area contributed by atoms with E-state index in [0.717, 1.165) is 16.7 Å². The van der Waals surface area contributed by atoms with Gasteiger partial charge in [0.05, 0.1) is 24.7 Å². The van der Waals surface area contributed by atoms with E-state index in [1.54, 1.807) is 14.0 Å². The van der Waals surface area contributed by atoms with Crippen LogP contribution in [0.1, 0.15) is 42.1 Å². The maximum atomic E-state index is 12.8. The van der Waals surface area contributed by atoms with Crippen molar-refractivity contribution in [2.45, 2.75) is 44.5 Å². The first-order valence-corrected chi connectivity index (χ1v) is 8.58. The second-order valence-corrected chi connectivity index (χ2v) is 7.46. The van der Waals surface area contributed by atoms with Crippen LogP contribution in [0.3, 0.4) is 0 Å². The van der Waals surface area contributed by atoms with Crippen LogP contribution in [0.2, 0.25) is 0 Å². The number of carbonyl (C=O) groups excluding carboxylic acids is 2. The summed E-state index contributed by atoms with van der Waals surface area (Å²) in [5, 5.41) is 21.7. The van der Waals surface area contributed by atoms with Crippen LogP contribution >= 0.6 is 0 Å². The van der Waals surface area contributed by atoms with Crippen LogP contribution in [0.15, 0.2) is 12.1 Å². The van der Waals surface area contributed by atoms with Crippen molar-refractivity contribution in [2.24, 2.45) is 17.3 Å². The fraction of sp³-hybridized carbons (Fsp3) is 0.579. The molecule has 6 heteroatoms. The minimum Gasteiger partial charge on any atom is -0.496 e. The van der Waals surface area contributed by atoms with Crippen molar-refractivity contribution in [1.29, 1.82) is 0 Å². The molecule has 25 heavy (non-hydrogen) atoms. The van der Waals surface area contributed by atoms with Gasteiger partial charge < -0.3 is 24.5 Å². The monoisotopic (exact) mass is 346 g/mol. The lowest BCUT2D eigenvalue weighted by molar-refractivity contribution is -0.243. The lowest BCUT2D eigenvalue weighted by Crippen LogP contribution is -2.66.